The van der Waals surface area contributed by atoms with Gasteiger partial charge in [-0.05, 0) is 49.4 Å². The van der Waals surface area contributed by atoms with Crippen LogP contribution in [0.4, 0.5) is 11.5 Å². The van der Waals surface area contributed by atoms with Crippen molar-refractivity contribution in [3.63, 3.8) is 0 Å². The molecule has 1 unspecified atom stereocenters. The highest BCUT2D eigenvalue weighted by Crippen LogP contribution is 2.34. The van der Waals surface area contributed by atoms with Crippen molar-refractivity contribution in [2.24, 2.45) is 0 Å². The van der Waals surface area contributed by atoms with Crippen LogP contribution in [0.5, 0.6) is 11.5 Å². The molecule has 1 atom stereocenters. The van der Waals surface area contributed by atoms with E-state index in [0.717, 1.165) is 22.3 Å². The number of fused-ring (bicyclic) bond motifs is 1. The first-order chi connectivity index (χ1) is 16.5. The van der Waals surface area contributed by atoms with E-state index in [0.29, 0.717) is 35.5 Å². The first kappa shape index (κ1) is 23.3. The fourth-order valence-electron chi connectivity index (χ4n) is 3.28. The van der Waals surface area contributed by atoms with Crippen molar-refractivity contribution >= 4 is 39.9 Å². The van der Waals surface area contributed by atoms with E-state index in [2.05, 4.69) is 25.6 Å². The molecule has 2 aromatic carbocycles. The van der Waals surface area contributed by atoms with Gasteiger partial charge in [-0.2, -0.15) is 0 Å². The summed E-state index contributed by atoms with van der Waals surface area (Å²) in [4.78, 5) is 24.2. The van der Waals surface area contributed by atoms with Crippen molar-refractivity contribution in [2.45, 2.75) is 26.6 Å². The standard InChI is InChI=1S/C25H24ClN5O3/c1-16(13-28-17(2)32)34-23-8-5-7-21-24(23)25(30-15-29-21)31-18-9-10-22(20(26)12-18)33-14-19-6-3-4-11-27-19/h3-12,15-16H,13-14H2,1-2H3,(H,28,32)(H,29,30,31). The van der Waals surface area contributed by atoms with Gasteiger partial charge >= 0.3 is 0 Å². The Morgan fingerprint density at radius 1 is 1.06 bits per heavy atom. The third-order valence-electron chi connectivity index (χ3n) is 4.89. The van der Waals surface area contributed by atoms with Crippen molar-refractivity contribution in [2.75, 3.05) is 11.9 Å². The number of carbonyl (C=O) groups excluding carboxylic acids is 1. The number of ether oxygens (including phenoxy) is 2. The van der Waals surface area contributed by atoms with E-state index in [-0.39, 0.29) is 12.0 Å². The van der Waals surface area contributed by atoms with E-state index in [1.165, 1.54) is 13.3 Å². The topological polar surface area (TPSA) is 98.3 Å². The van der Waals surface area contributed by atoms with Crippen LogP contribution in [0.25, 0.3) is 10.9 Å². The maximum Gasteiger partial charge on any atom is 0.217 e. The number of halogens is 1. The smallest absolute Gasteiger partial charge is 0.217 e. The van der Waals surface area contributed by atoms with Gasteiger partial charge in [-0.1, -0.05) is 23.7 Å². The van der Waals surface area contributed by atoms with Crippen molar-refractivity contribution in [1.82, 2.24) is 20.3 Å². The van der Waals surface area contributed by atoms with Crippen molar-refractivity contribution < 1.29 is 14.3 Å². The predicted octanol–water partition coefficient (Wildman–Crippen LogP) is 4.90. The molecule has 0 aliphatic carbocycles. The van der Waals surface area contributed by atoms with E-state index < -0.39 is 0 Å². The lowest BCUT2D eigenvalue weighted by Crippen LogP contribution is -2.32. The molecule has 2 heterocycles. The number of hydrogen-bond acceptors (Lipinski definition) is 7. The maximum absolute atomic E-state index is 11.2. The fraction of sp³-hybridized carbons (Fsp3) is 0.200. The van der Waals surface area contributed by atoms with Gasteiger partial charge in [0, 0.05) is 18.8 Å². The monoisotopic (exact) mass is 477 g/mol. The Morgan fingerprint density at radius 2 is 1.94 bits per heavy atom. The molecule has 0 spiro atoms. The summed E-state index contributed by atoms with van der Waals surface area (Å²) in [5, 5.41) is 7.24. The molecule has 1 amide bonds. The molecule has 0 radical (unpaired) electrons. The highest BCUT2D eigenvalue weighted by atomic mass is 35.5. The molecule has 0 aliphatic rings. The molecular formula is C25H24ClN5O3. The molecular weight excluding hydrogens is 454 g/mol. The maximum atomic E-state index is 11.2. The van der Waals surface area contributed by atoms with Crippen LogP contribution < -0.4 is 20.1 Å². The molecule has 0 saturated carbocycles. The van der Waals surface area contributed by atoms with Gasteiger partial charge in [-0.25, -0.2) is 9.97 Å². The minimum absolute atomic E-state index is 0.108. The molecule has 0 fully saturated rings. The second kappa shape index (κ2) is 10.8. The average Bonchev–Trinajstić information content (AvgIpc) is 2.83. The van der Waals surface area contributed by atoms with Crippen LogP contribution in [0.15, 0.2) is 67.1 Å². The highest BCUT2D eigenvalue weighted by Gasteiger charge is 2.14. The van der Waals surface area contributed by atoms with Gasteiger partial charge < -0.3 is 20.1 Å². The lowest BCUT2D eigenvalue weighted by molar-refractivity contribution is -0.119. The van der Waals surface area contributed by atoms with E-state index in [1.807, 2.05) is 49.4 Å². The van der Waals surface area contributed by atoms with Crippen LogP contribution in [0, 0.1) is 0 Å². The summed E-state index contributed by atoms with van der Waals surface area (Å²) in [6, 6.07) is 16.7. The number of hydrogen-bond donors (Lipinski definition) is 2. The molecule has 174 valence electrons. The van der Waals surface area contributed by atoms with Gasteiger partial charge in [0.25, 0.3) is 0 Å². The first-order valence-electron chi connectivity index (χ1n) is 10.7. The van der Waals surface area contributed by atoms with Gasteiger partial charge in [-0.3, -0.25) is 9.78 Å². The fourth-order valence-corrected chi connectivity index (χ4v) is 3.52. The van der Waals surface area contributed by atoms with Gasteiger partial charge in [0.2, 0.25) is 5.91 Å². The van der Waals surface area contributed by atoms with Gasteiger partial charge in [0.05, 0.1) is 28.2 Å². The number of amides is 1. The van der Waals surface area contributed by atoms with Crippen molar-refractivity contribution in [3.05, 3.63) is 77.8 Å². The predicted molar refractivity (Wildman–Crippen MR) is 132 cm³/mol. The summed E-state index contributed by atoms with van der Waals surface area (Å²) < 4.78 is 11.9. The summed E-state index contributed by atoms with van der Waals surface area (Å²) in [5.74, 6) is 1.63. The van der Waals surface area contributed by atoms with E-state index in [4.69, 9.17) is 21.1 Å². The Hall–Kier alpha value is -3.91. The molecule has 0 saturated heterocycles. The number of rotatable bonds is 9. The summed E-state index contributed by atoms with van der Waals surface area (Å²) >= 11 is 6.46. The minimum Gasteiger partial charge on any atom is -0.488 e. The Morgan fingerprint density at radius 3 is 2.71 bits per heavy atom. The third kappa shape index (κ3) is 5.90. The second-order valence-electron chi connectivity index (χ2n) is 7.62. The second-order valence-corrected chi connectivity index (χ2v) is 8.03. The molecule has 2 aromatic heterocycles. The van der Waals surface area contributed by atoms with Crippen LogP contribution in [0.2, 0.25) is 5.02 Å². The Labute approximate surface area is 202 Å². The zero-order valence-electron chi connectivity index (χ0n) is 18.8. The number of nitrogens with zero attached hydrogens (tertiary/aromatic N) is 3. The number of pyridine rings is 1. The molecule has 4 rings (SSSR count). The van der Waals surface area contributed by atoms with Gasteiger partial charge in [-0.15, -0.1) is 0 Å². The molecule has 34 heavy (non-hydrogen) atoms. The molecule has 8 nitrogen and oxygen atoms in total. The lowest BCUT2D eigenvalue weighted by atomic mass is 10.2. The number of anilines is 2. The Bertz CT molecular complexity index is 1280. The normalized spacial score (nSPS) is 11.6. The summed E-state index contributed by atoms with van der Waals surface area (Å²) in [6.07, 6.45) is 2.96. The zero-order chi connectivity index (χ0) is 23.9. The van der Waals surface area contributed by atoms with Crippen LogP contribution in [0.3, 0.4) is 0 Å². The quantitative estimate of drug-likeness (QED) is 0.353. The molecule has 0 bridgehead atoms. The summed E-state index contributed by atoms with van der Waals surface area (Å²) in [6.45, 7) is 4.06. The largest absolute Gasteiger partial charge is 0.488 e. The summed E-state index contributed by atoms with van der Waals surface area (Å²) in [5.41, 5.74) is 2.27. The van der Waals surface area contributed by atoms with E-state index in [1.54, 1.807) is 18.3 Å². The van der Waals surface area contributed by atoms with Crippen LogP contribution >= 0.6 is 11.6 Å². The molecule has 2 N–H and O–H groups in total. The Kier molecular flexibility index (Phi) is 7.39. The summed E-state index contributed by atoms with van der Waals surface area (Å²) in [7, 11) is 0. The molecule has 9 heteroatoms. The van der Waals surface area contributed by atoms with Crippen molar-refractivity contribution in [3.8, 4) is 11.5 Å². The van der Waals surface area contributed by atoms with Crippen molar-refractivity contribution in [1.29, 1.82) is 0 Å². The van der Waals surface area contributed by atoms with Gasteiger partial charge in [0.1, 0.15) is 36.4 Å². The third-order valence-corrected chi connectivity index (χ3v) is 5.18. The number of benzene rings is 2. The highest BCUT2D eigenvalue weighted by molar-refractivity contribution is 6.32. The minimum atomic E-state index is -0.243. The lowest BCUT2D eigenvalue weighted by Gasteiger charge is -2.18. The Balaban J connectivity index is 1.53. The SMILES string of the molecule is CC(=O)NCC(C)Oc1cccc2ncnc(Nc3ccc(OCc4ccccn4)c(Cl)c3)c12. The molecule has 0 aliphatic heterocycles. The van der Waals surface area contributed by atoms with Gasteiger partial charge in [0.15, 0.2) is 0 Å². The van der Waals surface area contributed by atoms with E-state index >= 15 is 0 Å². The number of carbonyl (C=O) groups is 1. The van der Waals surface area contributed by atoms with Crippen LogP contribution in [0.1, 0.15) is 19.5 Å². The number of nitrogens with one attached hydrogen (secondary N) is 2. The van der Waals surface area contributed by atoms with Crippen LogP contribution in [-0.4, -0.2) is 33.5 Å². The zero-order valence-corrected chi connectivity index (χ0v) is 19.5. The van der Waals surface area contributed by atoms with E-state index in [9.17, 15) is 4.79 Å². The van der Waals surface area contributed by atoms with Crippen LogP contribution in [-0.2, 0) is 11.4 Å². The molecule has 4 aromatic rings. The average molecular weight is 478 g/mol. The first-order valence-corrected chi connectivity index (χ1v) is 11.1. The number of aromatic nitrogens is 3.